The lowest BCUT2D eigenvalue weighted by molar-refractivity contribution is 0.130. The van der Waals surface area contributed by atoms with Crippen molar-refractivity contribution in [3.8, 4) is 0 Å². The largest absolute Gasteiger partial charge is 0.381 e. The molecule has 7 heteroatoms. The zero-order valence-electron chi connectivity index (χ0n) is 16.5. The molecule has 1 saturated carbocycles. The summed E-state index contributed by atoms with van der Waals surface area (Å²) in [7, 11) is 0. The summed E-state index contributed by atoms with van der Waals surface area (Å²) in [6.07, 6.45) is 11.1. The molecular weight excluding hydrogens is 328 g/mol. The van der Waals surface area contributed by atoms with E-state index in [0.29, 0.717) is 6.04 Å². The SMILES string of the molecule is CCCCOCCCN=C(NCCn1cnnc1CC)NC1CCCC1. The molecule has 0 aliphatic heterocycles. The van der Waals surface area contributed by atoms with E-state index in [1.807, 2.05) is 0 Å². The summed E-state index contributed by atoms with van der Waals surface area (Å²) in [6.45, 7) is 8.40. The first-order valence-corrected chi connectivity index (χ1v) is 10.3. The fourth-order valence-corrected chi connectivity index (χ4v) is 3.16. The molecule has 7 nitrogen and oxygen atoms in total. The van der Waals surface area contributed by atoms with Crippen LogP contribution >= 0.6 is 0 Å². The number of nitrogens with zero attached hydrogens (tertiary/aromatic N) is 4. The minimum atomic E-state index is 0.558. The third-order valence-electron chi connectivity index (χ3n) is 4.71. The van der Waals surface area contributed by atoms with Crippen LogP contribution in [0.1, 0.15) is 64.6 Å². The predicted molar refractivity (Wildman–Crippen MR) is 105 cm³/mol. The number of hydrogen-bond acceptors (Lipinski definition) is 4. The monoisotopic (exact) mass is 364 g/mol. The summed E-state index contributed by atoms with van der Waals surface area (Å²) in [6, 6.07) is 0.558. The van der Waals surface area contributed by atoms with E-state index < -0.39 is 0 Å². The van der Waals surface area contributed by atoms with E-state index >= 15 is 0 Å². The first-order valence-electron chi connectivity index (χ1n) is 10.3. The molecule has 1 aromatic rings. The number of aryl methyl sites for hydroxylation is 1. The summed E-state index contributed by atoms with van der Waals surface area (Å²) >= 11 is 0. The van der Waals surface area contributed by atoms with E-state index in [1.54, 1.807) is 6.33 Å². The van der Waals surface area contributed by atoms with Crippen molar-refractivity contribution in [3.05, 3.63) is 12.2 Å². The van der Waals surface area contributed by atoms with Crippen LogP contribution in [-0.4, -0.2) is 53.1 Å². The van der Waals surface area contributed by atoms with Crippen LogP contribution in [0, 0.1) is 0 Å². The third kappa shape index (κ3) is 7.72. The van der Waals surface area contributed by atoms with Crippen molar-refractivity contribution < 1.29 is 4.74 Å². The molecule has 1 aliphatic carbocycles. The van der Waals surface area contributed by atoms with Crippen molar-refractivity contribution in [2.45, 2.75) is 77.8 Å². The van der Waals surface area contributed by atoms with E-state index in [0.717, 1.165) is 63.9 Å². The van der Waals surface area contributed by atoms with E-state index in [1.165, 1.54) is 32.1 Å². The second kappa shape index (κ2) is 12.7. The zero-order valence-corrected chi connectivity index (χ0v) is 16.5. The summed E-state index contributed by atoms with van der Waals surface area (Å²) in [5, 5.41) is 15.2. The van der Waals surface area contributed by atoms with Gasteiger partial charge in [0, 0.05) is 45.3 Å². The highest BCUT2D eigenvalue weighted by Gasteiger charge is 2.16. The quantitative estimate of drug-likeness (QED) is 0.339. The van der Waals surface area contributed by atoms with Gasteiger partial charge in [0.15, 0.2) is 5.96 Å². The van der Waals surface area contributed by atoms with Gasteiger partial charge in [-0.2, -0.15) is 0 Å². The molecule has 1 aliphatic rings. The summed E-state index contributed by atoms with van der Waals surface area (Å²) in [5.74, 6) is 1.95. The van der Waals surface area contributed by atoms with Crippen molar-refractivity contribution in [3.63, 3.8) is 0 Å². The second-order valence-corrected chi connectivity index (χ2v) is 6.90. The second-order valence-electron chi connectivity index (χ2n) is 6.90. The Balaban J connectivity index is 1.73. The Morgan fingerprint density at radius 2 is 2.08 bits per heavy atom. The standard InChI is InChI=1S/C19H36N6O/c1-3-5-14-26-15-8-11-20-19(23-17-9-6-7-10-17)21-12-13-25-16-22-24-18(25)4-2/h16-17H,3-15H2,1-2H3,(H2,20,21,23). The van der Waals surface area contributed by atoms with E-state index in [2.05, 4.69) is 39.2 Å². The van der Waals surface area contributed by atoms with Crippen molar-refractivity contribution in [1.82, 2.24) is 25.4 Å². The van der Waals surface area contributed by atoms with Gasteiger partial charge in [-0.25, -0.2) is 0 Å². The number of hydrogen-bond donors (Lipinski definition) is 2. The molecule has 0 spiro atoms. The van der Waals surface area contributed by atoms with Crippen LogP contribution in [0.3, 0.4) is 0 Å². The van der Waals surface area contributed by atoms with Crippen LogP contribution in [0.4, 0.5) is 0 Å². The molecule has 1 heterocycles. The van der Waals surface area contributed by atoms with Gasteiger partial charge in [-0.15, -0.1) is 10.2 Å². The van der Waals surface area contributed by atoms with Crippen LogP contribution < -0.4 is 10.6 Å². The molecule has 0 bridgehead atoms. The number of aromatic nitrogens is 3. The molecule has 0 radical (unpaired) electrons. The van der Waals surface area contributed by atoms with Crippen molar-refractivity contribution >= 4 is 5.96 Å². The van der Waals surface area contributed by atoms with Crippen molar-refractivity contribution in [1.29, 1.82) is 0 Å². The highest BCUT2D eigenvalue weighted by atomic mass is 16.5. The number of nitrogens with one attached hydrogen (secondary N) is 2. The van der Waals surface area contributed by atoms with Gasteiger partial charge in [0.1, 0.15) is 12.2 Å². The van der Waals surface area contributed by atoms with E-state index in [-0.39, 0.29) is 0 Å². The number of aliphatic imine (C=N–C) groups is 1. The van der Waals surface area contributed by atoms with Crippen LogP contribution in [0.15, 0.2) is 11.3 Å². The predicted octanol–water partition coefficient (Wildman–Crippen LogP) is 2.53. The highest BCUT2D eigenvalue weighted by molar-refractivity contribution is 5.80. The first-order chi connectivity index (χ1) is 12.8. The van der Waals surface area contributed by atoms with Gasteiger partial charge in [0.2, 0.25) is 0 Å². The normalized spacial score (nSPS) is 15.5. The number of unbranched alkanes of at least 4 members (excludes halogenated alkanes) is 1. The smallest absolute Gasteiger partial charge is 0.191 e. The number of rotatable bonds is 12. The average Bonchev–Trinajstić information content (AvgIpc) is 3.32. The maximum Gasteiger partial charge on any atom is 0.191 e. The zero-order chi connectivity index (χ0) is 18.5. The number of guanidine groups is 1. The first kappa shape index (κ1) is 20.7. The Kier molecular flexibility index (Phi) is 10.1. The minimum Gasteiger partial charge on any atom is -0.381 e. The van der Waals surface area contributed by atoms with Crippen molar-refractivity contribution in [2.75, 3.05) is 26.3 Å². The molecule has 148 valence electrons. The van der Waals surface area contributed by atoms with Crippen LogP contribution in [0.25, 0.3) is 0 Å². The third-order valence-corrected chi connectivity index (χ3v) is 4.71. The van der Waals surface area contributed by atoms with Gasteiger partial charge >= 0.3 is 0 Å². The Labute approximate surface area is 158 Å². The lowest BCUT2D eigenvalue weighted by Crippen LogP contribution is -2.43. The summed E-state index contributed by atoms with van der Waals surface area (Å²) in [5.41, 5.74) is 0. The average molecular weight is 365 g/mol. The molecule has 2 N–H and O–H groups in total. The van der Waals surface area contributed by atoms with Gasteiger partial charge in [0.05, 0.1) is 0 Å². The van der Waals surface area contributed by atoms with Gasteiger partial charge in [-0.1, -0.05) is 33.1 Å². The summed E-state index contributed by atoms with van der Waals surface area (Å²) in [4.78, 5) is 4.74. The van der Waals surface area contributed by atoms with Gasteiger partial charge in [-0.05, 0) is 25.7 Å². The summed E-state index contributed by atoms with van der Waals surface area (Å²) < 4.78 is 7.72. The Morgan fingerprint density at radius 1 is 1.27 bits per heavy atom. The molecule has 1 aromatic heterocycles. The van der Waals surface area contributed by atoms with E-state index in [4.69, 9.17) is 9.73 Å². The maximum atomic E-state index is 5.62. The van der Waals surface area contributed by atoms with Gasteiger partial charge in [0.25, 0.3) is 0 Å². The molecule has 0 amide bonds. The topological polar surface area (TPSA) is 76.4 Å². The fraction of sp³-hybridized carbons (Fsp3) is 0.842. The lowest BCUT2D eigenvalue weighted by atomic mass is 10.2. The molecular formula is C19H36N6O. The Morgan fingerprint density at radius 3 is 2.85 bits per heavy atom. The molecule has 0 atom stereocenters. The fourth-order valence-electron chi connectivity index (χ4n) is 3.16. The van der Waals surface area contributed by atoms with Gasteiger partial charge in [-0.3, -0.25) is 4.99 Å². The molecule has 0 aromatic carbocycles. The van der Waals surface area contributed by atoms with Crippen LogP contribution in [0.2, 0.25) is 0 Å². The molecule has 2 rings (SSSR count). The molecule has 1 fully saturated rings. The Bertz CT molecular complexity index is 510. The lowest BCUT2D eigenvalue weighted by Gasteiger charge is -2.18. The van der Waals surface area contributed by atoms with E-state index in [9.17, 15) is 0 Å². The van der Waals surface area contributed by atoms with Crippen LogP contribution in [0.5, 0.6) is 0 Å². The molecule has 0 unspecified atom stereocenters. The van der Waals surface area contributed by atoms with Crippen LogP contribution in [-0.2, 0) is 17.7 Å². The molecule has 26 heavy (non-hydrogen) atoms. The highest BCUT2D eigenvalue weighted by Crippen LogP contribution is 2.17. The number of ether oxygens (including phenoxy) is 1. The minimum absolute atomic E-state index is 0.558. The maximum absolute atomic E-state index is 5.62. The van der Waals surface area contributed by atoms with Gasteiger partial charge < -0.3 is 19.9 Å². The molecule has 0 saturated heterocycles. The Hall–Kier alpha value is -1.63. The van der Waals surface area contributed by atoms with Crippen molar-refractivity contribution in [2.24, 2.45) is 4.99 Å².